The number of benzene rings is 1. The van der Waals surface area contributed by atoms with Crippen LogP contribution >= 0.6 is 0 Å². The topological polar surface area (TPSA) is 78.7 Å². The molecule has 1 atom stereocenters. The van der Waals surface area contributed by atoms with Gasteiger partial charge in [0.25, 0.3) is 0 Å². The normalized spacial score (nSPS) is 22.2. The van der Waals surface area contributed by atoms with Crippen molar-refractivity contribution in [1.29, 1.82) is 0 Å². The highest BCUT2D eigenvalue weighted by molar-refractivity contribution is 7.91. The minimum Gasteiger partial charge on any atom is -0.378 e. The summed E-state index contributed by atoms with van der Waals surface area (Å²) >= 11 is 0. The first kappa shape index (κ1) is 13.1. The molecule has 1 aliphatic rings. The predicted octanol–water partition coefficient (Wildman–Crippen LogP) is -0.266. The molecule has 2 rings (SSSR count). The van der Waals surface area contributed by atoms with Crippen LogP contribution in [0.1, 0.15) is 0 Å². The summed E-state index contributed by atoms with van der Waals surface area (Å²) in [6.45, 7) is 0.672. The molecular weight excluding hydrogens is 252 g/mol. The van der Waals surface area contributed by atoms with Gasteiger partial charge >= 0.3 is 10.2 Å². The summed E-state index contributed by atoms with van der Waals surface area (Å²) in [6, 6.07) is 7.16. The zero-order valence-electron chi connectivity index (χ0n) is 10.5. The second-order valence-corrected chi connectivity index (χ2v) is 6.12. The molecule has 0 aromatic heterocycles. The highest BCUT2D eigenvalue weighted by atomic mass is 32.2. The number of anilines is 2. The Bertz CT molecular complexity index is 512. The van der Waals surface area contributed by atoms with Crippen molar-refractivity contribution in [3.05, 3.63) is 24.3 Å². The van der Waals surface area contributed by atoms with Crippen molar-refractivity contribution in [2.24, 2.45) is 5.73 Å². The third-order valence-corrected chi connectivity index (χ3v) is 4.50. The lowest BCUT2D eigenvalue weighted by atomic mass is 10.2. The van der Waals surface area contributed by atoms with Gasteiger partial charge in [0, 0.05) is 26.3 Å². The van der Waals surface area contributed by atoms with E-state index in [9.17, 15) is 8.42 Å². The van der Waals surface area contributed by atoms with E-state index in [1.54, 1.807) is 12.1 Å². The maximum Gasteiger partial charge on any atom is 0.301 e. The lowest BCUT2D eigenvalue weighted by molar-refractivity contribution is 0.583. The Morgan fingerprint density at radius 1 is 1.39 bits per heavy atom. The van der Waals surface area contributed by atoms with Crippen molar-refractivity contribution < 1.29 is 8.42 Å². The van der Waals surface area contributed by atoms with Crippen LogP contribution in [0.15, 0.2) is 24.3 Å². The summed E-state index contributed by atoms with van der Waals surface area (Å²) in [5, 5.41) is 0. The molecule has 3 N–H and O–H groups in total. The van der Waals surface area contributed by atoms with Crippen LogP contribution in [0.25, 0.3) is 0 Å². The molecule has 18 heavy (non-hydrogen) atoms. The predicted molar refractivity (Wildman–Crippen MR) is 73.0 cm³/mol. The fourth-order valence-electron chi connectivity index (χ4n) is 1.89. The highest BCUT2D eigenvalue weighted by Crippen LogP contribution is 2.24. The van der Waals surface area contributed by atoms with Crippen LogP contribution in [0.2, 0.25) is 0 Å². The molecule has 1 fully saturated rings. The molecule has 1 aromatic rings. The van der Waals surface area contributed by atoms with E-state index < -0.39 is 10.2 Å². The fraction of sp³-hybridized carbons (Fsp3) is 0.455. The SMILES string of the molecule is CN(C)c1ccc(N2CC(CN)NS2(=O)=O)cc1. The van der Waals surface area contributed by atoms with Gasteiger partial charge in [-0.2, -0.15) is 13.1 Å². The van der Waals surface area contributed by atoms with E-state index in [4.69, 9.17) is 5.73 Å². The Morgan fingerprint density at radius 3 is 2.44 bits per heavy atom. The summed E-state index contributed by atoms with van der Waals surface area (Å²) in [5.41, 5.74) is 7.18. The van der Waals surface area contributed by atoms with E-state index in [2.05, 4.69) is 4.72 Å². The Balaban J connectivity index is 2.26. The molecule has 1 saturated heterocycles. The molecule has 1 heterocycles. The molecule has 100 valence electrons. The lowest BCUT2D eigenvalue weighted by Gasteiger charge is -2.18. The van der Waals surface area contributed by atoms with Crippen LogP contribution in [0.3, 0.4) is 0 Å². The van der Waals surface area contributed by atoms with Crippen LogP contribution in [0.5, 0.6) is 0 Å². The third kappa shape index (κ3) is 2.43. The number of nitrogens with zero attached hydrogens (tertiary/aromatic N) is 2. The molecule has 0 radical (unpaired) electrons. The molecule has 0 amide bonds. The number of nitrogens with two attached hydrogens (primary N) is 1. The summed E-state index contributed by atoms with van der Waals surface area (Å²) in [6.07, 6.45) is 0. The molecule has 1 aliphatic heterocycles. The molecule has 1 unspecified atom stereocenters. The number of hydrogen-bond donors (Lipinski definition) is 2. The van der Waals surface area contributed by atoms with Gasteiger partial charge in [0.05, 0.1) is 18.3 Å². The first-order valence-electron chi connectivity index (χ1n) is 5.71. The molecule has 0 bridgehead atoms. The van der Waals surface area contributed by atoms with Crippen molar-refractivity contribution >= 4 is 21.6 Å². The Kier molecular flexibility index (Phi) is 3.47. The van der Waals surface area contributed by atoms with Gasteiger partial charge in [-0.3, -0.25) is 4.31 Å². The highest BCUT2D eigenvalue weighted by Gasteiger charge is 2.34. The van der Waals surface area contributed by atoms with Crippen LogP contribution in [0, 0.1) is 0 Å². The number of hydrogen-bond acceptors (Lipinski definition) is 4. The first-order chi connectivity index (χ1) is 8.44. The van der Waals surface area contributed by atoms with E-state index in [0.717, 1.165) is 5.69 Å². The average molecular weight is 270 g/mol. The van der Waals surface area contributed by atoms with Gasteiger partial charge in [0.1, 0.15) is 0 Å². The zero-order chi connectivity index (χ0) is 13.3. The van der Waals surface area contributed by atoms with Crippen LogP contribution in [-0.2, 0) is 10.2 Å². The van der Waals surface area contributed by atoms with Gasteiger partial charge in [-0.15, -0.1) is 0 Å². The van der Waals surface area contributed by atoms with Crippen molar-refractivity contribution in [1.82, 2.24) is 4.72 Å². The van der Waals surface area contributed by atoms with Gasteiger partial charge < -0.3 is 10.6 Å². The van der Waals surface area contributed by atoms with Crippen molar-refractivity contribution in [2.45, 2.75) is 6.04 Å². The standard InChI is InChI=1S/C11H18N4O2S/c1-14(2)10-3-5-11(6-4-10)15-8-9(7-12)13-18(15,16)17/h3-6,9,13H,7-8,12H2,1-2H3. The summed E-state index contributed by atoms with van der Waals surface area (Å²) < 4.78 is 27.7. The number of nitrogens with one attached hydrogen (secondary N) is 1. The molecule has 0 spiro atoms. The molecule has 7 heteroatoms. The molecule has 6 nitrogen and oxygen atoms in total. The van der Waals surface area contributed by atoms with Crippen LogP contribution in [0.4, 0.5) is 11.4 Å². The Labute approximate surface area is 108 Å². The second-order valence-electron chi connectivity index (χ2n) is 4.50. The van der Waals surface area contributed by atoms with Gasteiger partial charge in [-0.05, 0) is 24.3 Å². The van der Waals surface area contributed by atoms with Gasteiger partial charge in [-0.1, -0.05) is 0 Å². The summed E-state index contributed by atoms with van der Waals surface area (Å²) in [7, 11) is 0.431. The average Bonchev–Trinajstić information content (AvgIpc) is 2.64. The molecule has 1 aromatic carbocycles. The molecule has 0 aliphatic carbocycles. The van der Waals surface area contributed by atoms with Crippen molar-refractivity contribution in [3.63, 3.8) is 0 Å². The minimum absolute atomic E-state index is 0.219. The largest absolute Gasteiger partial charge is 0.378 e. The van der Waals surface area contributed by atoms with E-state index in [1.807, 2.05) is 31.1 Å². The first-order valence-corrected chi connectivity index (χ1v) is 7.15. The maximum absolute atomic E-state index is 11.9. The zero-order valence-corrected chi connectivity index (χ0v) is 11.3. The van der Waals surface area contributed by atoms with Crippen molar-refractivity contribution in [2.75, 3.05) is 36.4 Å². The maximum atomic E-state index is 11.9. The van der Waals surface area contributed by atoms with E-state index in [0.29, 0.717) is 18.8 Å². The van der Waals surface area contributed by atoms with Gasteiger partial charge in [0.15, 0.2) is 0 Å². The van der Waals surface area contributed by atoms with E-state index in [-0.39, 0.29) is 6.04 Å². The quantitative estimate of drug-likeness (QED) is 0.793. The van der Waals surface area contributed by atoms with E-state index >= 15 is 0 Å². The molecule has 0 saturated carbocycles. The van der Waals surface area contributed by atoms with Crippen molar-refractivity contribution in [3.8, 4) is 0 Å². The summed E-state index contributed by atoms with van der Waals surface area (Å²) in [5.74, 6) is 0. The molecular formula is C11H18N4O2S. The van der Waals surface area contributed by atoms with Gasteiger partial charge in [-0.25, -0.2) is 0 Å². The van der Waals surface area contributed by atoms with Crippen LogP contribution < -0.4 is 19.7 Å². The fourth-order valence-corrected chi connectivity index (χ4v) is 3.39. The number of rotatable bonds is 3. The van der Waals surface area contributed by atoms with Gasteiger partial charge in [0.2, 0.25) is 0 Å². The second kappa shape index (κ2) is 4.75. The van der Waals surface area contributed by atoms with E-state index in [1.165, 1.54) is 4.31 Å². The third-order valence-electron chi connectivity index (χ3n) is 2.93. The Hall–Kier alpha value is -1.31. The minimum atomic E-state index is -3.44. The summed E-state index contributed by atoms with van der Waals surface area (Å²) in [4.78, 5) is 1.96. The smallest absolute Gasteiger partial charge is 0.301 e. The monoisotopic (exact) mass is 270 g/mol. The lowest BCUT2D eigenvalue weighted by Crippen LogP contribution is -2.33. The Morgan fingerprint density at radius 2 is 2.00 bits per heavy atom. The van der Waals surface area contributed by atoms with Crippen LogP contribution in [-0.4, -0.2) is 41.6 Å².